The first kappa shape index (κ1) is 25.7. The number of nitro groups is 1. The molecular weight excluding hydrogens is 512 g/mol. The van der Waals surface area contributed by atoms with Crippen LogP contribution in [0.25, 0.3) is 0 Å². The Morgan fingerprint density at radius 2 is 2.03 bits per heavy atom. The lowest BCUT2D eigenvalue weighted by atomic mass is 9.94. The van der Waals surface area contributed by atoms with Crippen LogP contribution in [0.3, 0.4) is 0 Å². The van der Waals surface area contributed by atoms with Gasteiger partial charge in [0.1, 0.15) is 28.5 Å². The van der Waals surface area contributed by atoms with E-state index in [4.69, 9.17) is 11.6 Å². The van der Waals surface area contributed by atoms with Gasteiger partial charge in [0.2, 0.25) is 11.8 Å². The molecule has 1 unspecified atom stereocenters. The number of halogens is 1. The number of thioether (sulfide) groups is 1. The van der Waals surface area contributed by atoms with Crippen LogP contribution in [0, 0.1) is 10.1 Å². The van der Waals surface area contributed by atoms with Gasteiger partial charge in [0.05, 0.1) is 4.92 Å². The van der Waals surface area contributed by atoms with Gasteiger partial charge < -0.3 is 20.6 Å². The Morgan fingerprint density at radius 3 is 2.64 bits per heavy atom. The summed E-state index contributed by atoms with van der Waals surface area (Å²) in [6.07, 6.45) is 6.47. The van der Waals surface area contributed by atoms with Crippen molar-refractivity contribution in [2.24, 2.45) is 0 Å². The lowest BCUT2D eigenvalue weighted by Gasteiger charge is -2.44. The molecule has 2 aliphatic heterocycles. The zero-order valence-corrected chi connectivity index (χ0v) is 20.8. The van der Waals surface area contributed by atoms with Gasteiger partial charge in [0.15, 0.2) is 0 Å². The number of carbonyl (C=O) groups is 4. The Morgan fingerprint density at radius 1 is 1.31 bits per heavy atom. The van der Waals surface area contributed by atoms with Gasteiger partial charge in [-0.25, -0.2) is 4.79 Å². The second-order valence-electron chi connectivity index (χ2n) is 9.10. The molecule has 1 aliphatic carbocycles. The number of carbonyl (C=O) groups excluding carboxylic acids is 3. The Labute approximate surface area is 215 Å². The predicted octanol–water partition coefficient (Wildman–Crippen LogP) is 2.25. The van der Waals surface area contributed by atoms with Crippen LogP contribution >= 0.6 is 23.4 Å². The highest BCUT2D eigenvalue weighted by molar-refractivity contribution is 8.01. The Bertz CT molecular complexity index is 1230. The first-order valence-electron chi connectivity index (χ1n) is 11.0. The van der Waals surface area contributed by atoms with Crippen molar-refractivity contribution in [3.05, 3.63) is 62.7 Å². The normalized spacial score (nSPS) is 24.8. The van der Waals surface area contributed by atoms with Crippen LogP contribution in [0.15, 0.2) is 42.0 Å². The summed E-state index contributed by atoms with van der Waals surface area (Å²) in [5.74, 6) is -2.98. The van der Waals surface area contributed by atoms with Gasteiger partial charge in [-0.1, -0.05) is 29.8 Å². The number of carboxylic acid groups (broad SMARTS) is 1. The number of fused-ring (bicyclic) bond motifs is 1. The number of nitrogens with zero attached hydrogens (tertiary/aromatic N) is 2. The third-order valence-electron chi connectivity index (χ3n) is 6.32. The highest BCUT2D eigenvalue weighted by Crippen LogP contribution is 2.50. The van der Waals surface area contributed by atoms with E-state index in [1.54, 1.807) is 19.9 Å². The first-order chi connectivity index (χ1) is 16.9. The van der Waals surface area contributed by atoms with Crippen LogP contribution in [0.2, 0.25) is 5.02 Å². The molecule has 11 nitrogen and oxygen atoms in total. The van der Waals surface area contributed by atoms with Gasteiger partial charge in [0.25, 0.3) is 11.6 Å². The summed E-state index contributed by atoms with van der Waals surface area (Å²) in [5, 5.41) is 25.4. The number of aliphatic carboxylic acids is 1. The molecule has 2 saturated heterocycles. The zero-order valence-electron chi connectivity index (χ0n) is 19.3. The van der Waals surface area contributed by atoms with Gasteiger partial charge in [-0.05, 0) is 44.4 Å². The molecule has 1 aromatic rings. The summed E-state index contributed by atoms with van der Waals surface area (Å²) < 4.78 is -0.751. The van der Waals surface area contributed by atoms with Crippen LogP contribution in [0.5, 0.6) is 0 Å². The summed E-state index contributed by atoms with van der Waals surface area (Å²) in [7, 11) is 0. The molecule has 13 heteroatoms. The molecule has 190 valence electrons. The lowest BCUT2D eigenvalue weighted by molar-refractivity contribution is -0.384. The van der Waals surface area contributed by atoms with Crippen LogP contribution in [-0.4, -0.2) is 66.9 Å². The monoisotopic (exact) mass is 534 g/mol. The maximum absolute atomic E-state index is 13.3. The van der Waals surface area contributed by atoms with E-state index in [1.807, 2.05) is 12.2 Å². The summed E-state index contributed by atoms with van der Waals surface area (Å²) >= 11 is 7.12. The number of nitro benzene ring substituents is 1. The smallest absolute Gasteiger partial charge is 0.327 e. The van der Waals surface area contributed by atoms with Crippen LogP contribution < -0.4 is 10.6 Å². The number of β-lactam (4-membered cyclic amide) rings is 1. The van der Waals surface area contributed by atoms with E-state index >= 15 is 0 Å². The fraction of sp³-hybridized carbons (Fsp3) is 0.391. The van der Waals surface area contributed by atoms with Crippen molar-refractivity contribution >= 4 is 52.7 Å². The zero-order chi connectivity index (χ0) is 26.4. The summed E-state index contributed by atoms with van der Waals surface area (Å²) in [6.45, 7) is 3.46. The minimum Gasteiger partial charge on any atom is -0.480 e. The van der Waals surface area contributed by atoms with Gasteiger partial charge in [-0.3, -0.25) is 24.5 Å². The van der Waals surface area contributed by atoms with E-state index in [2.05, 4.69) is 10.6 Å². The van der Waals surface area contributed by atoms with E-state index < -0.39 is 62.5 Å². The molecule has 2 heterocycles. The van der Waals surface area contributed by atoms with Crippen molar-refractivity contribution in [1.29, 1.82) is 0 Å². The summed E-state index contributed by atoms with van der Waals surface area (Å²) in [5.41, 5.74) is 0.0940. The third-order valence-corrected chi connectivity index (χ3v) is 8.21. The van der Waals surface area contributed by atoms with E-state index in [0.717, 1.165) is 6.07 Å². The molecular formula is C23H23ClN4O7S. The number of hydrogen-bond donors (Lipinski definition) is 3. The molecule has 0 spiro atoms. The maximum atomic E-state index is 13.3. The van der Waals surface area contributed by atoms with Gasteiger partial charge in [-0.2, -0.15) is 0 Å². The number of carboxylic acids is 1. The first-order valence-corrected chi connectivity index (χ1v) is 12.3. The SMILES string of the molecule is CC1(C)S[C@@H]2[C@H](NC(=O)C(NC(=O)c3ccc(Cl)c([N+](=O)[O-])c3)C3=CCC=CC3)C(=O)N2[C@H]1C(=O)O. The van der Waals surface area contributed by atoms with Gasteiger partial charge in [-0.15, -0.1) is 11.8 Å². The van der Waals surface area contributed by atoms with Gasteiger partial charge in [0, 0.05) is 16.4 Å². The van der Waals surface area contributed by atoms with Crippen molar-refractivity contribution in [1.82, 2.24) is 15.5 Å². The molecule has 1 aromatic carbocycles. The van der Waals surface area contributed by atoms with E-state index in [9.17, 15) is 34.4 Å². The van der Waals surface area contributed by atoms with Crippen LogP contribution in [-0.2, 0) is 14.4 Å². The molecule has 0 aromatic heterocycles. The highest BCUT2D eigenvalue weighted by Gasteiger charge is 2.64. The lowest BCUT2D eigenvalue weighted by Crippen LogP contribution is -2.71. The topological polar surface area (TPSA) is 159 Å². The third kappa shape index (κ3) is 4.58. The number of nitrogens with one attached hydrogen (secondary N) is 2. The fourth-order valence-electron chi connectivity index (χ4n) is 4.57. The molecule has 3 amide bonds. The fourth-order valence-corrected chi connectivity index (χ4v) is 6.38. The number of allylic oxidation sites excluding steroid dienone is 3. The van der Waals surface area contributed by atoms with Crippen LogP contribution in [0.4, 0.5) is 5.69 Å². The van der Waals surface area contributed by atoms with E-state index in [-0.39, 0.29) is 10.6 Å². The largest absolute Gasteiger partial charge is 0.480 e. The average molecular weight is 535 g/mol. The van der Waals surface area contributed by atoms with Crippen LogP contribution in [0.1, 0.15) is 37.0 Å². The Hall–Kier alpha value is -3.38. The molecule has 4 atom stereocenters. The molecule has 2 fully saturated rings. The molecule has 36 heavy (non-hydrogen) atoms. The second kappa shape index (κ2) is 9.58. The molecule has 0 radical (unpaired) electrons. The molecule has 3 N–H and O–H groups in total. The van der Waals surface area contributed by atoms with E-state index in [1.165, 1.54) is 28.8 Å². The number of amides is 3. The van der Waals surface area contributed by atoms with Gasteiger partial charge >= 0.3 is 5.97 Å². The number of benzene rings is 1. The van der Waals surface area contributed by atoms with Crippen molar-refractivity contribution in [2.45, 2.75) is 54.9 Å². The minimum absolute atomic E-state index is 0.0563. The number of rotatable bonds is 7. The highest BCUT2D eigenvalue weighted by atomic mass is 35.5. The summed E-state index contributed by atoms with van der Waals surface area (Å²) in [4.78, 5) is 62.6. The molecule has 0 bridgehead atoms. The second-order valence-corrected chi connectivity index (χ2v) is 11.3. The standard InChI is InChI=1S/C23H23ClN4O7S/c1-23(2)17(22(32)33)27-20(31)16(21(27)36-23)26-19(30)15(11-6-4-3-5-7-11)25-18(29)12-8-9-13(24)14(10-12)28(34)35/h3-4,7-10,15-17,21H,5-6H2,1-2H3,(H,25,29)(H,26,30)(H,32,33)/t15?,16-,17+,21-/m1/s1. The Balaban J connectivity index is 1.54. The minimum atomic E-state index is -1.14. The average Bonchev–Trinajstić information content (AvgIpc) is 3.09. The van der Waals surface area contributed by atoms with Crippen molar-refractivity contribution in [3.8, 4) is 0 Å². The van der Waals surface area contributed by atoms with Crippen molar-refractivity contribution < 1.29 is 29.2 Å². The summed E-state index contributed by atoms with van der Waals surface area (Å²) in [6, 6.07) is 0.460. The maximum Gasteiger partial charge on any atom is 0.327 e. The van der Waals surface area contributed by atoms with Crippen molar-refractivity contribution in [2.75, 3.05) is 0 Å². The molecule has 0 saturated carbocycles. The predicted molar refractivity (Wildman–Crippen MR) is 131 cm³/mol. The molecule has 4 rings (SSSR count). The number of hydrogen-bond acceptors (Lipinski definition) is 7. The Kier molecular flexibility index (Phi) is 6.84. The quantitative estimate of drug-likeness (QED) is 0.208. The molecule has 3 aliphatic rings. The van der Waals surface area contributed by atoms with Crippen molar-refractivity contribution in [3.63, 3.8) is 0 Å². The van der Waals surface area contributed by atoms with E-state index in [0.29, 0.717) is 18.4 Å².